The molecule has 0 saturated heterocycles. The van der Waals surface area contributed by atoms with E-state index in [0.717, 1.165) is 42.1 Å². The Bertz CT molecular complexity index is 513. The number of benzene rings is 2. The molecule has 144 valence electrons. The Kier molecular flexibility index (Phi) is 10.3. The Labute approximate surface area is 159 Å². The Morgan fingerprint density at radius 1 is 0.615 bits per heavy atom. The molecule has 0 bridgehead atoms. The van der Waals surface area contributed by atoms with Gasteiger partial charge in [-0.05, 0) is 35.6 Å². The van der Waals surface area contributed by atoms with E-state index in [1.807, 2.05) is 42.5 Å². The molecule has 2 aromatic carbocycles. The molecule has 0 aliphatic carbocycles. The van der Waals surface area contributed by atoms with Crippen molar-refractivity contribution in [3.05, 3.63) is 54.1 Å². The van der Waals surface area contributed by atoms with Gasteiger partial charge >= 0.3 is 0 Å². The zero-order valence-electron chi connectivity index (χ0n) is 17.1. The molecule has 4 rings (SSSR count). The number of ether oxygens (including phenoxy) is 3. The van der Waals surface area contributed by atoms with Crippen LogP contribution in [0.4, 0.5) is 0 Å². The Morgan fingerprint density at radius 2 is 1.04 bits per heavy atom. The average molecular weight is 359 g/mol. The van der Waals surface area contributed by atoms with Crippen LogP contribution in [0.5, 0.6) is 17.2 Å². The topological polar surface area (TPSA) is 27.7 Å². The normalized spacial score (nSPS) is 12.6. The van der Waals surface area contributed by atoms with Crippen molar-refractivity contribution >= 4 is 0 Å². The molecular formula is C23H34O3. The van der Waals surface area contributed by atoms with Gasteiger partial charge in [0.15, 0.2) is 11.5 Å². The minimum atomic E-state index is 0.360. The summed E-state index contributed by atoms with van der Waals surface area (Å²) in [7, 11) is 0. The van der Waals surface area contributed by atoms with Crippen LogP contribution in [0.3, 0.4) is 0 Å². The van der Waals surface area contributed by atoms with E-state index in [1.54, 1.807) is 0 Å². The molecule has 2 heterocycles. The number of para-hydroxylation sites is 3. The van der Waals surface area contributed by atoms with Gasteiger partial charge in [-0.25, -0.2) is 0 Å². The van der Waals surface area contributed by atoms with Gasteiger partial charge in [0.1, 0.15) is 5.75 Å². The fourth-order valence-electron chi connectivity index (χ4n) is 1.97. The first-order chi connectivity index (χ1) is 12.4. The summed E-state index contributed by atoms with van der Waals surface area (Å²) in [5, 5.41) is 0. The minimum absolute atomic E-state index is 0.360. The third kappa shape index (κ3) is 9.36. The summed E-state index contributed by atoms with van der Waals surface area (Å²) in [5.41, 5.74) is 1.34. The molecule has 2 aliphatic heterocycles. The Morgan fingerprint density at radius 3 is 1.50 bits per heavy atom. The average Bonchev–Trinajstić information content (AvgIpc) is 3.23. The van der Waals surface area contributed by atoms with Crippen LogP contribution in [0.1, 0.15) is 47.1 Å². The Balaban J connectivity index is 0.000000188. The van der Waals surface area contributed by atoms with Crippen molar-refractivity contribution < 1.29 is 14.2 Å². The largest absolute Gasteiger partial charge is 0.493 e. The maximum absolute atomic E-state index is 5.30. The van der Waals surface area contributed by atoms with E-state index in [2.05, 4.69) is 47.6 Å². The minimum Gasteiger partial charge on any atom is -0.493 e. The van der Waals surface area contributed by atoms with Crippen LogP contribution in [0.2, 0.25) is 0 Å². The van der Waals surface area contributed by atoms with E-state index in [-0.39, 0.29) is 0 Å². The molecule has 0 N–H and O–H groups in total. The molecule has 0 spiro atoms. The molecule has 0 unspecified atom stereocenters. The molecule has 0 atom stereocenters. The third-order valence-electron chi connectivity index (χ3n) is 2.88. The lowest BCUT2D eigenvalue weighted by atomic mass is 10.2. The second-order valence-corrected chi connectivity index (χ2v) is 7.52. The van der Waals surface area contributed by atoms with E-state index in [4.69, 9.17) is 14.2 Å². The molecule has 0 radical (unpaired) electrons. The van der Waals surface area contributed by atoms with E-state index in [1.165, 1.54) is 5.56 Å². The second kappa shape index (κ2) is 12.2. The lowest BCUT2D eigenvalue weighted by Crippen LogP contribution is -1.92. The molecular weight excluding hydrogens is 324 g/mol. The van der Waals surface area contributed by atoms with Crippen molar-refractivity contribution in [2.24, 2.45) is 11.8 Å². The van der Waals surface area contributed by atoms with Gasteiger partial charge in [-0.3, -0.25) is 0 Å². The van der Waals surface area contributed by atoms with Gasteiger partial charge in [0.05, 0.1) is 6.61 Å². The molecule has 3 heteroatoms. The third-order valence-corrected chi connectivity index (χ3v) is 2.88. The quantitative estimate of drug-likeness (QED) is 0.548. The van der Waals surface area contributed by atoms with Gasteiger partial charge in [0.25, 0.3) is 0 Å². The molecule has 26 heavy (non-hydrogen) atoms. The van der Waals surface area contributed by atoms with Gasteiger partial charge in [0.2, 0.25) is 6.79 Å². The summed E-state index contributed by atoms with van der Waals surface area (Å²) in [4.78, 5) is 0. The highest BCUT2D eigenvalue weighted by Crippen LogP contribution is 2.30. The summed E-state index contributed by atoms with van der Waals surface area (Å²) >= 11 is 0. The molecule has 0 amide bonds. The summed E-state index contributed by atoms with van der Waals surface area (Å²) in [6.07, 6.45) is 1.08. The zero-order chi connectivity index (χ0) is 19.4. The maximum Gasteiger partial charge on any atom is 0.231 e. The summed E-state index contributed by atoms with van der Waals surface area (Å²) < 4.78 is 15.5. The first-order valence-corrected chi connectivity index (χ1v) is 9.45. The number of hydrogen-bond acceptors (Lipinski definition) is 3. The van der Waals surface area contributed by atoms with Gasteiger partial charge in [-0.2, -0.15) is 0 Å². The number of hydrogen-bond donors (Lipinski definition) is 0. The maximum atomic E-state index is 5.30. The summed E-state index contributed by atoms with van der Waals surface area (Å²) in [5.74, 6) is 4.42. The predicted octanol–water partition coefficient (Wildman–Crippen LogP) is 6.36. The van der Waals surface area contributed by atoms with Crippen LogP contribution in [-0.4, -0.2) is 13.4 Å². The van der Waals surface area contributed by atoms with Crippen molar-refractivity contribution in [2.75, 3.05) is 13.4 Å². The number of fused-ring (bicyclic) bond motifs is 2. The van der Waals surface area contributed by atoms with Gasteiger partial charge in [-0.1, -0.05) is 71.9 Å². The lowest BCUT2D eigenvalue weighted by Gasteiger charge is -1.93. The standard InChI is InChI=1S/C8H8O.C7H6O2.2C4H10/c1-2-4-8-7(3-1)5-6-9-8;1-2-4-7-6(3-1)8-5-9-7;2*1-4(2)3/h1-4H,5-6H2;1-4H,5H2;2*4H,1-3H3. The van der Waals surface area contributed by atoms with E-state index in [0.29, 0.717) is 6.79 Å². The van der Waals surface area contributed by atoms with Crippen LogP contribution < -0.4 is 14.2 Å². The molecule has 2 aromatic rings. The van der Waals surface area contributed by atoms with Crippen LogP contribution in [0.25, 0.3) is 0 Å². The van der Waals surface area contributed by atoms with Crippen molar-refractivity contribution in [2.45, 2.75) is 48.0 Å². The van der Waals surface area contributed by atoms with Crippen molar-refractivity contribution in [1.82, 2.24) is 0 Å². The van der Waals surface area contributed by atoms with Gasteiger partial charge in [-0.15, -0.1) is 0 Å². The van der Waals surface area contributed by atoms with Crippen molar-refractivity contribution in [3.8, 4) is 17.2 Å². The smallest absolute Gasteiger partial charge is 0.231 e. The Hall–Kier alpha value is -2.16. The second-order valence-electron chi connectivity index (χ2n) is 7.52. The van der Waals surface area contributed by atoms with E-state index in [9.17, 15) is 0 Å². The lowest BCUT2D eigenvalue weighted by molar-refractivity contribution is 0.174. The number of rotatable bonds is 0. The molecule has 3 nitrogen and oxygen atoms in total. The zero-order valence-corrected chi connectivity index (χ0v) is 17.1. The molecule has 0 aromatic heterocycles. The fraction of sp³-hybridized carbons (Fsp3) is 0.478. The van der Waals surface area contributed by atoms with Crippen LogP contribution in [-0.2, 0) is 6.42 Å². The monoisotopic (exact) mass is 358 g/mol. The first-order valence-electron chi connectivity index (χ1n) is 9.45. The highest BCUT2D eigenvalue weighted by Gasteiger charge is 2.09. The van der Waals surface area contributed by atoms with Crippen molar-refractivity contribution in [1.29, 1.82) is 0 Å². The van der Waals surface area contributed by atoms with Crippen LogP contribution in [0, 0.1) is 11.8 Å². The summed E-state index contributed by atoms with van der Waals surface area (Å²) in [6, 6.07) is 15.8. The molecule has 0 saturated carbocycles. The van der Waals surface area contributed by atoms with Crippen molar-refractivity contribution in [3.63, 3.8) is 0 Å². The molecule has 2 aliphatic rings. The molecule has 0 fully saturated rings. The predicted molar refractivity (Wildman–Crippen MR) is 109 cm³/mol. The highest BCUT2D eigenvalue weighted by molar-refractivity contribution is 5.40. The SMILES string of the molecule is CC(C)C.CC(C)C.c1ccc2c(c1)CCO2.c1ccc2c(c1)OCO2. The highest BCUT2D eigenvalue weighted by atomic mass is 16.7. The first kappa shape index (κ1) is 21.9. The fourth-order valence-corrected chi connectivity index (χ4v) is 1.97. The summed E-state index contributed by atoms with van der Waals surface area (Å²) in [6.45, 7) is 14.2. The van der Waals surface area contributed by atoms with E-state index < -0.39 is 0 Å². The van der Waals surface area contributed by atoms with Crippen LogP contribution in [0.15, 0.2) is 48.5 Å². The van der Waals surface area contributed by atoms with Gasteiger partial charge < -0.3 is 14.2 Å². The van der Waals surface area contributed by atoms with E-state index >= 15 is 0 Å². The van der Waals surface area contributed by atoms with Crippen LogP contribution >= 0.6 is 0 Å². The van der Waals surface area contributed by atoms with Gasteiger partial charge in [0, 0.05) is 6.42 Å².